The van der Waals surface area contributed by atoms with E-state index in [0.29, 0.717) is 12.4 Å². The molecule has 0 radical (unpaired) electrons. The minimum atomic E-state index is -3.72. The van der Waals surface area contributed by atoms with Gasteiger partial charge in [0.1, 0.15) is 12.4 Å². The number of primary sulfonamides is 1. The highest BCUT2D eigenvalue weighted by Gasteiger charge is 2.10. The second-order valence-electron chi connectivity index (χ2n) is 2.74. The number of nitrogens with two attached hydrogens (primary N) is 1. The van der Waals surface area contributed by atoms with Crippen LogP contribution in [0.5, 0.6) is 5.75 Å². The molecule has 0 heterocycles. The summed E-state index contributed by atoms with van der Waals surface area (Å²) in [6.45, 7) is 3.78. The van der Waals surface area contributed by atoms with E-state index in [0.717, 1.165) is 0 Å². The molecule has 0 aliphatic carbocycles. The Labute approximate surface area is 93.4 Å². The molecular weight excluding hydrogens is 238 g/mol. The molecule has 2 N–H and O–H groups in total. The van der Waals surface area contributed by atoms with E-state index in [1.165, 1.54) is 18.2 Å². The first-order valence-corrected chi connectivity index (χ1v) is 5.93. The van der Waals surface area contributed by atoms with Gasteiger partial charge in [-0.15, -0.1) is 0 Å². The molecule has 4 nitrogen and oxygen atoms in total. The van der Waals surface area contributed by atoms with Crippen molar-refractivity contribution in [1.82, 2.24) is 0 Å². The fourth-order valence-electron chi connectivity index (χ4n) is 0.924. The third-order valence-corrected chi connectivity index (χ3v) is 2.79. The summed E-state index contributed by atoms with van der Waals surface area (Å²) >= 11 is 5.79. The zero-order chi connectivity index (χ0) is 11.5. The molecule has 0 bridgehead atoms. The van der Waals surface area contributed by atoms with Crippen molar-refractivity contribution >= 4 is 21.6 Å². The molecule has 0 aliphatic heterocycles. The summed E-state index contributed by atoms with van der Waals surface area (Å²) < 4.78 is 27.1. The molecule has 0 unspecified atom stereocenters. The maximum atomic E-state index is 11.0. The highest BCUT2D eigenvalue weighted by atomic mass is 35.5. The van der Waals surface area contributed by atoms with Crippen molar-refractivity contribution in [3.8, 4) is 5.75 Å². The Balaban J connectivity index is 3.03. The predicted molar refractivity (Wildman–Crippen MR) is 58.5 cm³/mol. The molecule has 0 spiro atoms. The van der Waals surface area contributed by atoms with E-state index in [-0.39, 0.29) is 9.92 Å². The molecule has 0 atom stereocenters. The lowest BCUT2D eigenvalue weighted by Crippen LogP contribution is -2.12. The molecule has 0 aliphatic rings. The highest BCUT2D eigenvalue weighted by molar-refractivity contribution is 7.89. The molecule has 1 rings (SSSR count). The Kier molecular flexibility index (Phi) is 3.73. The maximum Gasteiger partial charge on any atom is 0.238 e. The van der Waals surface area contributed by atoms with Gasteiger partial charge in [-0.05, 0) is 18.2 Å². The molecule has 0 amide bonds. The topological polar surface area (TPSA) is 69.4 Å². The van der Waals surface area contributed by atoms with Crippen LogP contribution in [-0.2, 0) is 10.0 Å². The average Bonchev–Trinajstić information content (AvgIpc) is 2.14. The van der Waals surface area contributed by atoms with Gasteiger partial charge in [-0.2, -0.15) is 0 Å². The van der Waals surface area contributed by atoms with Crippen molar-refractivity contribution in [2.75, 3.05) is 6.61 Å². The van der Waals surface area contributed by atoms with E-state index in [1.54, 1.807) is 6.08 Å². The van der Waals surface area contributed by atoms with Crippen LogP contribution in [0.2, 0.25) is 5.02 Å². The lowest BCUT2D eigenvalue weighted by atomic mass is 10.3. The first-order chi connectivity index (χ1) is 6.95. The van der Waals surface area contributed by atoms with Crippen molar-refractivity contribution in [2.24, 2.45) is 5.14 Å². The molecule has 0 aromatic heterocycles. The summed E-state index contributed by atoms with van der Waals surface area (Å²) in [5.41, 5.74) is 0. The number of halogens is 1. The second kappa shape index (κ2) is 4.65. The van der Waals surface area contributed by atoms with E-state index in [4.69, 9.17) is 21.5 Å². The van der Waals surface area contributed by atoms with Gasteiger partial charge >= 0.3 is 0 Å². The predicted octanol–water partition coefficient (Wildman–Crippen LogP) is 1.55. The lowest BCUT2D eigenvalue weighted by Gasteiger charge is -2.06. The Bertz CT molecular complexity index is 470. The third kappa shape index (κ3) is 3.23. The Morgan fingerprint density at radius 1 is 1.53 bits per heavy atom. The van der Waals surface area contributed by atoms with Gasteiger partial charge in [0.25, 0.3) is 0 Å². The molecule has 0 saturated heterocycles. The fourth-order valence-corrected chi connectivity index (χ4v) is 1.76. The molecule has 1 aromatic rings. The standard InChI is InChI=1S/C9H10ClNO3S/c1-2-5-14-9-4-3-7(6-8(9)10)15(11,12)13/h2-4,6H,1,5H2,(H2,11,12,13). The van der Waals surface area contributed by atoms with Crippen LogP contribution in [0.1, 0.15) is 0 Å². The van der Waals surface area contributed by atoms with E-state index >= 15 is 0 Å². The van der Waals surface area contributed by atoms with Gasteiger partial charge in [-0.3, -0.25) is 0 Å². The van der Waals surface area contributed by atoms with Gasteiger partial charge in [-0.25, -0.2) is 13.6 Å². The normalized spacial score (nSPS) is 11.1. The van der Waals surface area contributed by atoms with Crippen molar-refractivity contribution < 1.29 is 13.2 Å². The van der Waals surface area contributed by atoms with Gasteiger partial charge in [-0.1, -0.05) is 24.3 Å². The van der Waals surface area contributed by atoms with Crippen LogP contribution in [-0.4, -0.2) is 15.0 Å². The number of hydrogen-bond acceptors (Lipinski definition) is 3. The largest absolute Gasteiger partial charge is 0.488 e. The molecule has 82 valence electrons. The van der Waals surface area contributed by atoms with Crippen LogP contribution in [0.25, 0.3) is 0 Å². The smallest absolute Gasteiger partial charge is 0.238 e. The van der Waals surface area contributed by atoms with Crippen LogP contribution in [0.4, 0.5) is 0 Å². The summed E-state index contributed by atoms with van der Waals surface area (Å²) in [6, 6.07) is 4.03. The van der Waals surface area contributed by atoms with Crippen molar-refractivity contribution in [1.29, 1.82) is 0 Å². The molecule has 1 aromatic carbocycles. The molecule has 15 heavy (non-hydrogen) atoms. The van der Waals surface area contributed by atoms with Gasteiger partial charge in [0, 0.05) is 0 Å². The van der Waals surface area contributed by atoms with Gasteiger partial charge in [0.05, 0.1) is 9.92 Å². The van der Waals surface area contributed by atoms with Gasteiger partial charge < -0.3 is 4.74 Å². The van der Waals surface area contributed by atoms with Crippen LogP contribution >= 0.6 is 11.6 Å². The van der Waals surface area contributed by atoms with E-state index in [2.05, 4.69) is 6.58 Å². The number of hydrogen-bond donors (Lipinski definition) is 1. The molecule has 0 fully saturated rings. The van der Waals surface area contributed by atoms with E-state index < -0.39 is 10.0 Å². The van der Waals surface area contributed by atoms with Crippen molar-refractivity contribution in [3.05, 3.63) is 35.9 Å². The number of ether oxygens (including phenoxy) is 1. The van der Waals surface area contributed by atoms with Crippen LogP contribution < -0.4 is 9.88 Å². The van der Waals surface area contributed by atoms with Gasteiger partial charge in [0.15, 0.2) is 0 Å². The zero-order valence-corrected chi connectivity index (χ0v) is 9.38. The molecule has 0 saturated carbocycles. The minimum Gasteiger partial charge on any atom is -0.488 e. The van der Waals surface area contributed by atoms with Crippen molar-refractivity contribution in [3.63, 3.8) is 0 Å². The first-order valence-electron chi connectivity index (χ1n) is 4.01. The highest BCUT2D eigenvalue weighted by Crippen LogP contribution is 2.26. The SMILES string of the molecule is C=CCOc1ccc(S(N)(=O)=O)cc1Cl. The Morgan fingerprint density at radius 2 is 2.20 bits per heavy atom. The van der Waals surface area contributed by atoms with Crippen molar-refractivity contribution in [2.45, 2.75) is 4.90 Å². The fraction of sp³-hybridized carbons (Fsp3) is 0.111. The summed E-state index contributed by atoms with van der Waals surface area (Å²) in [4.78, 5) is -0.0431. The third-order valence-electron chi connectivity index (χ3n) is 1.59. The Hall–Kier alpha value is -1.04. The average molecular weight is 248 g/mol. The summed E-state index contributed by atoms with van der Waals surface area (Å²) in [5.74, 6) is 0.393. The monoisotopic (exact) mass is 247 g/mol. The van der Waals surface area contributed by atoms with E-state index in [1.807, 2.05) is 0 Å². The second-order valence-corrected chi connectivity index (χ2v) is 4.71. The summed E-state index contributed by atoms with van der Waals surface area (Å²) in [6.07, 6.45) is 1.56. The summed E-state index contributed by atoms with van der Waals surface area (Å²) in [5, 5.41) is 5.13. The number of rotatable bonds is 4. The maximum absolute atomic E-state index is 11.0. The van der Waals surface area contributed by atoms with Gasteiger partial charge in [0.2, 0.25) is 10.0 Å². The Morgan fingerprint density at radius 3 is 2.67 bits per heavy atom. The zero-order valence-electron chi connectivity index (χ0n) is 7.81. The summed E-state index contributed by atoms with van der Waals surface area (Å²) in [7, 11) is -3.72. The van der Waals surface area contributed by atoms with Crippen LogP contribution in [0, 0.1) is 0 Å². The molecule has 6 heteroatoms. The first kappa shape index (κ1) is 12.0. The number of benzene rings is 1. The van der Waals surface area contributed by atoms with Crippen LogP contribution in [0.3, 0.4) is 0 Å². The lowest BCUT2D eigenvalue weighted by molar-refractivity contribution is 0.363. The van der Waals surface area contributed by atoms with E-state index in [9.17, 15) is 8.42 Å². The minimum absolute atomic E-state index is 0.0431. The number of sulfonamides is 1. The van der Waals surface area contributed by atoms with Crippen LogP contribution in [0.15, 0.2) is 35.7 Å². The quantitative estimate of drug-likeness (QED) is 0.821. The molecular formula is C9H10ClNO3S.